The molecule has 0 bridgehead atoms. The zero-order valence-corrected chi connectivity index (χ0v) is 15.5. The molecule has 0 saturated heterocycles. The summed E-state index contributed by atoms with van der Waals surface area (Å²) in [5.41, 5.74) is 4.10. The molecule has 2 nitrogen and oxygen atoms in total. The van der Waals surface area contributed by atoms with E-state index in [1.54, 1.807) is 7.11 Å². The van der Waals surface area contributed by atoms with Gasteiger partial charge in [-0.2, -0.15) is 0 Å². The van der Waals surface area contributed by atoms with Gasteiger partial charge >= 0.3 is 0 Å². The van der Waals surface area contributed by atoms with Crippen LogP contribution in [0.1, 0.15) is 49.4 Å². The number of aryl methyl sites for hydroxylation is 2. The summed E-state index contributed by atoms with van der Waals surface area (Å²) in [7, 11) is 1.74. The second kappa shape index (κ2) is 9.48. The fourth-order valence-electron chi connectivity index (χ4n) is 3.23. The van der Waals surface area contributed by atoms with Crippen LogP contribution in [-0.2, 0) is 6.42 Å². The van der Waals surface area contributed by atoms with Crippen molar-refractivity contribution in [2.75, 3.05) is 13.7 Å². The van der Waals surface area contributed by atoms with Gasteiger partial charge in [-0.25, -0.2) is 0 Å². The van der Waals surface area contributed by atoms with E-state index >= 15 is 0 Å². The fraction of sp³-hybridized carbons (Fsp3) is 0.455. The van der Waals surface area contributed by atoms with Crippen LogP contribution in [-0.4, -0.2) is 13.7 Å². The maximum absolute atomic E-state index is 5.44. The first-order valence-electron chi connectivity index (χ1n) is 9.02. The zero-order valence-electron chi connectivity index (χ0n) is 15.5. The molecule has 0 fully saturated rings. The molecule has 0 aliphatic heterocycles. The lowest BCUT2D eigenvalue weighted by atomic mass is 9.93. The van der Waals surface area contributed by atoms with Gasteiger partial charge < -0.3 is 10.1 Å². The average molecular weight is 325 g/mol. The van der Waals surface area contributed by atoms with E-state index in [0.717, 1.165) is 25.1 Å². The highest BCUT2D eigenvalue weighted by Crippen LogP contribution is 2.24. The highest BCUT2D eigenvalue weighted by atomic mass is 16.5. The smallest absolute Gasteiger partial charge is 0.122 e. The largest absolute Gasteiger partial charge is 0.496 e. The van der Waals surface area contributed by atoms with Crippen molar-refractivity contribution in [1.29, 1.82) is 0 Å². The maximum atomic E-state index is 5.44. The molecule has 24 heavy (non-hydrogen) atoms. The summed E-state index contributed by atoms with van der Waals surface area (Å²) in [6.07, 6.45) is 3.32. The van der Waals surface area contributed by atoms with E-state index in [4.69, 9.17) is 4.74 Å². The van der Waals surface area contributed by atoms with Crippen LogP contribution >= 0.6 is 0 Å². The molecular weight excluding hydrogens is 294 g/mol. The van der Waals surface area contributed by atoms with Crippen LogP contribution in [0.15, 0.2) is 48.5 Å². The Bertz CT molecular complexity index is 621. The number of nitrogens with one attached hydrogen (secondary N) is 1. The minimum atomic E-state index is 0.434. The number of rotatable bonds is 9. The summed E-state index contributed by atoms with van der Waals surface area (Å²) in [6.45, 7) is 7.81. The van der Waals surface area contributed by atoms with Gasteiger partial charge in [0.15, 0.2) is 0 Å². The number of hydrogen-bond donors (Lipinski definition) is 1. The number of hydrogen-bond acceptors (Lipinski definition) is 2. The first kappa shape index (κ1) is 18.5. The van der Waals surface area contributed by atoms with E-state index < -0.39 is 0 Å². The van der Waals surface area contributed by atoms with Crippen molar-refractivity contribution in [3.8, 4) is 5.75 Å². The van der Waals surface area contributed by atoms with Crippen molar-refractivity contribution in [1.82, 2.24) is 5.32 Å². The third-order valence-corrected chi connectivity index (χ3v) is 4.48. The van der Waals surface area contributed by atoms with Gasteiger partial charge in [0, 0.05) is 6.04 Å². The topological polar surface area (TPSA) is 21.3 Å². The average Bonchev–Trinajstić information content (AvgIpc) is 2.58. The minimum Gasteiger partial charge on any atom is -0.496 e. The molecule has 2 heteroatoms. The van der Waals surface area contributed by atoms with Crippen LogP contribution in [0, 0.1) is 12.8 Å². The monoisotopic (exact) mass is 325 g/mol. The predicted octanol–water partition coefficient (Wildman–Crippen LogP) is 5.31. The third kappa shape index (κ3) is 5.38. The minimum absolute atomic E-state index is 0.434. The normalized spacial score (nSPS) is 12.4. The summed E-state index contributed by atoms with van der Waals surface area (Å²) in [5, 5.41) is 3.78. The Kier molecular flexibility index (Phi) is 7.33. The Labute approximate surface area is 147 Å². The van der Waals surface area contributed by atoms with E-state index in [1.165, 1.54) is 23.1 Å². The molecule has 0 heterocycles. The van der Waals surface area contributed by atoms with E-state index in [2.05, 4.69) is 62.5 Å². The number of para-hydroxylation sites is 1. The maximum Gasteiger partial charge on any atom is 0.122 e. The van der Waals surface area contributed by atoms with Gasteiger partial charge in [-0.05, 0) is 61.4 Å². The van der Waals surface area contributed by atoms with Crippen LogP contribution in [0.4, 0.5) is 0 Å². The molecule has 0 aliphatic rings. The first-order chi connectivity index (χ1) is 11.6. The first-order valence-corrected chi connectivity index (χ1v) is 9.02. The standard InChI is InChI=1S/C22H31NO/c1-17(2)16-21(20-13-7-5-10-18(20)3)23-15-9-12-19-11-6-8-14-22(19)24-4/h5-8,10-11,13-14,17,21,23H,9,12,15-16H2,1-4H3. The Hall–Kier alpha value is -1.80. The van der Waals surface area contributed by atoms with Crippen LogP contribution in [0.3, 0.4) is 0 Å². The molecule has 130 valence electrons. The molecular formula is C22H31NO. The van der Waals surface area contributed by atoms with Gasteiger partial charge in [0.05, 0.1) is 7.11 Å². The Balaban J connectivity index is 1.92. The number of benzene rings is 2. The molecule has 0 aromatic heterocycles. The Morgan fingerprint density at radius 1 is 1.00 bits per heavy atom. The highest BCUT2D eigenvalue weighted by molar-refractivity contribution is 5.33. The van der Waals surface area contributed by atoms with Gasteiger partial charge in [-0.1, -0.05) is 56.3 Å². The third-order valence-electron chi connectivity index (χ3n) is 4.48. The summed E-state index contributed by atoms with van der Waals surface area (Å²) in [4.78, 5) is 0. The molecule has 2 aromatic carbocycles. The second-order valence-electron chi connectivity index (χ2n) is 6.91. The van der Waals surface area contributed by atoms with Crippen LogP contribution in [0.2, 0.25) is 0 Å². The van der Waals surface area contributed by atoms with Gasteiger partial charge in [0.25, 0.3) is 0 Å². The van der Waals surface area contributed by atoms with Gasteiger partial charge in [-0.3, -0.25) is 0 Å². The molecule has 2 aromatic rings. The molecule has 0 aliphatic carbocycles. The SMILES string of the molecule is COc1ccccc1CCCNC(CC(C)C)c1ccccc1C. The van der Waals surface area contributed by atoms with E-state index in [-0.39, 0.29) is 0 Å². The molecule has 0 amide bonds. The van der Waals surface area contributed by atoms with Crippen LogP contribution < -0.4 is 10.1 Å². The van der Waals surface area contributed by atoms with Crippen molar-refractivity contribution < 1.29 is 4.74 Å². The lowest BCUT2D eigenvalue weighted by molar-refractivity contribution is 0.406. The van der Waals surface area contributed by atoms with Crippen molar-refractivity contribution in [2.45, 2.75) is 46.1 Å². The second-order valence-corrected chi connectivity index (χ2v) is 6.91. The number of methoxy groups -OCH3 is 1. The van der Waals surface area contributed by atoms with Crippen molar-refractivity contribution in [3.05, 3.63) is 65.2 Å². The van der Waals surface area contributed by atoms with E-state index in [9.17, 15) is 0 Å². The Morgan fingerprint density at radius 3 is 2.42 bits per heavy atom. The van der Waals surface area contributed by atoms with Crippen molar-refractivity contribution in [2.24, 2.45) is 5.92 Å². The highest BCUT2D eigenvalue weighted by Gasteiger charge is 2.14. The van der Waals surface area contributed by atoms with Crippen LogP contribution in [0.5, 0.6) is 5.75 Å². The lowest BCUT2D eigenvalue weighted by Crippen LogP contribution is -2.25. The van der Waals surface area contributed by atoms with Gasteiger partial charge in [-0.15, -0.1) is 0 Å². The molecule has 0 radical (unpaired) electrons. The zero-order chi connectivity index (χ0) is 17.4. The summed E-state index contributed by atoms with van der Waals surface area (Å²) in [6, 6.07) is 17.5. The molecule has 0 saturated carbocycles. The molecule has 1 N–H and O–H groups in total. The predicted molar refractivity (Wildman–Crippen MR) is 103 cm³/mol. The summed E-state index contributed by atoms with van der Waals surface area (Å²) >= 11 is 0. The van der Waals surface area contributed by atoms with Gasteiger partial charge in [0.2, 0.25) is 0 Å². The molecule has 1 atom stereocenters. The Morgan fingerprint density at radius 2 is 1.71 bits per heavy atom. The summed E-state index contributed by atoms with van der Waals surface area (Å²) in [5.74, 6) is 1.67. The van der Waals surface area contributed by atoms with E-state index in [0.29, 0.717) is 12.0 Å². The fourth-order valence-corrected chi connectivity index (χ4v) is 3.23. The van der Waals surface area contributed by atoms with Crippen molar-refractivity contribution >= 4 is 0 Å². The molecule has 1 unspecified atom stereocenters. The summed E-state index contributed by atoms with van der Waals surface area (Å²) < 4.78 is 5.44. The van der Waals surface area contributed by atoms with Gasteiger partial charge in [0.1, 0.15) is 5.75 Å². The van der Waals surface area contributed by atoms with E-state index in [1.807, 2.05) is 12.1 Å². The lowest BCUT2D eigenvalue weighted by Gasteiger charge is -2.23. The molecule has 2 rings (SSSR count). The number of ether oxygens (including phenoxy) is 1. The van der Waals surface area contributed by atoms with Crippen LogP contribution in [0.25, 0.3) is 0 Å². The quantitative estimate of drug-likeness (QED) is 0.631. The van der Waals surface area contributed by atoms with Crippen molar-refractivity contribution in [3.63, 3.8) is 0 Å². The molecule has 0 spiro atoms.